The van der Waals surface area contributed by atoms with E-state index in [4.69, 9.17) is 9.47 Å². The molecule has 1 saturated heterocycles. The number of nitrogens with zero attached hydrogens (tertiary/aromatic N) is 3. The molecule has 2 atom stereocenters. The van der Waals surface area contributed by atoms with Crippen molar-refractivity contribution in [3.8, 4) is 0 Å². The number of carbonyl (C=O) groups excluding carboxylic acids is 1. The summed E-state index contributed by atoms with van der Waals surface area (Å²) >= 11 is 1.60. The molecular weight excluding hydrogens is 362 g/mol. The molecule has 0 aromatic carbocycles. The van der Waals surface area contributed by atoms with E-state index < -0.39 is 0 Å². The number of aromatic nitrogens is 3. The fourth-order valence-corrected chi connectivity index (χ4v) is 4.15. The third kappa shape index (κ3) is 4.58. The van der Waals surface area contributed by atoms with Crippen LogP contribution in [0, 0.1) is 5.92 Å². The number of thiazole rings is 1. The highest BCUT2D eigenvalue weighted by atomic mass is 32.1. The Kier molecular flexibility index (Phi) is 6.01. The van der Waals surface area contributed by atoms with Crippen LogP contribution in [0.15, 0.2) is 18.5 Å². The SMILES string of the molecule is CC(C)n1nccc1[C@@H]1OCCC[C@H]1C(=O)OCc1cnc(C(C)(C)C)s1. The average molecular weight is 392 g/mol. The van der Waals surface area contributed by atoms with Crippen molar-refractivity contribution in [2.75, 3.05) is 6.61 Å². The van der Waals surface area contributed by atoms with Gasteiger partial charge in [0, 0.05) is 30.5 Å². The molecule has 1 fully saturated rings. The largest absolute Gasteiger partial charge is 0.460 e. The van der Waals surface area contributed by atoms with Gasteiger partial charge in [0.25, 0.3) is 0 Å². The van der Waals surface area contributed by atoms with E-state index in [1.165, 1.54) is 0 Å². The summed E-state index contributed by atoms with van der Waals surface area (Å²) in [6, 6.07) is 2.15. The molecule has 3 rings (SSSR count). The Morgan fingerprint density at radius 3 is 2.89 bits per heavy atom. The van der Waals surface area contributed by atoms with Crippen LogP contribution in [0.5, 0.6) is 0 Å². The van der Waals surface area contributed by atoms with Crippen molar-refractivity contribution in [2.45, 2.75) is 71.6 Å². The normalized spacial score (nSPS) is 20.8. The molecule has 0 amide bonds. The molecule has 0 aliphatic carbocycles. The smallest absolute Gasteiger partial charge is 0.312 e. The summed E-state index contributed by atoms with van der Waals surface area (Å²) in [4.78, 5) is 18.2. The first-order valence-electron chi connectivity index (χ1n) is 9.54. The van der Waals surface area contributed by atoms with Crippen molar-refractivity contribution in [1.82, 2.24) is 14.8 Å². The van der Waals surface area contributed by atoms with Gasteiger partial charge in [-0.2, -0.15) is 5.10 Å². The lowest BCUT2D eigenvalue weighted by Crippen LogP contribution is -2.32. The highest BCUT2D eigenvalue weighted by Crippen LogP contribution is 2.35. The molecule has 0 unspecified atom stereocenters. The lowest BCUT2D eigenvalue weighted by molar-refractivity contribution is -0.160. The monoisotopic (exact) mass is 391 g/mol. The fourth-order valence-electron chi connectivity index (χ4n) is 3.27. The van der Waals surface area contributed by atoms with E-state index in [2.05, 4.69) is 44.7 Å². The summed E-state index contributed by atoms with van der Waals surface area (Å²) in [5.74, 6) is -0.509. The summed E-state index contributed by atoms with van der Waals surface area (Å²) in [5, 5.41) is 5.43. The quantitative estimate of drug-likeness (QED) is 0.706. The first-order chi connectivity index (χ1) is 12.8. The van der Waals surface area contributed by atoms with Crippen molar-refractivity contribution in [3.63, 3.8) is 0 Å². The zero-order valence-corrected chi connectivity index (χ0v) is 17.6. The maximum absolute atomic E-state index is 12.8. The van der Waals surface area contributed by atoms with Gasteiger partial charge in [-0.3, -0.25) is 9.48 Å². The minimum Gasteiger partial charge on any atom is -0.460 e. The third-order valence-corrected chi connectivity index (χ3v) is 6.06. The van der Waals surface area contributed by atoms with Crippen LogP contribution in [-0.2, 0) is 26.3 Å². The van der Waals surface area contributed by atoms with E-state index in [1.54, 1.807) is 23.7 Å². The van der Waals surface area contributed by atoms with Gasteiger partial charge >= 0.3 is 5.97 Å². The Bertz CT molecular complexity index is 776. The molecule has 0 spiro atoms. The molecule has 7 heteroatoms. The number of carbonyl (C=O) groups is 1. The van der Waals surface area contributed by atoms with Gasteiger partial charge in [-0.25, -0.2) is 4.98 Å². The average Bonchev–Trinajstić information content (AvgIpc) is 3.28. The minimum atomic E-state index is -0.303. The fraction of sp³-hybridized carbons (Fsp3) is 0.650. The standard InChI is InChI=1S/C20H29N3O3S/c1-13(2)23-16(8-9-22-23)17-15(7-6-10-25-17)18(24)26-12-14-11-21-19(27-14)20(3,4)5/h8-9,11,13,15,17H,6-7,10,12H2,1-5H3/t15-,17-/m1/s1. The third-order valence-electron chi connectivity index (χ3n) is 4.66. The van der Waals surface area contributed by atoms with E-state index >= 15 is 0 Å². The van der Waals surface area contributed by atoms with Gasteiger partial charge in [-0.15, -0.1) is 11.3 Å². The summed E-state index contributed by atoms with van der Waals surface area (Å²) in [5.41, 5.74) is 0.948. The molecule has 2 aromatic heterocycles. The molecule has 27 heavy (non-hydrogen) atoms. The van der Waals surface area contributed by atoms with Gasteiger partial charge in [0.2, 0.25) is 0 Å². The number of hydrogen-bond donors (Lipinski definition) is 0. The number of rotatable bonds is 5. The summed E-state index contributed by atoms with van der Waals surface area (Å²) < 4.78 is 13.5. The molecule has 1 aliphatic heterocycles. The lowest BCUT2D eigenvalue weighted by Gasteiger charge is -2.31. The second-order valence-electron chi connectivity index (χ2n) is 8.32. The topological polar surface area (TPSA) is 66.2 Å². The molecule has 1 aliphatic rings. The number of hydrogen-bond acceptors (Lipinski definition) is 6. The minimum absolute atomic E-state index is 0.00445. The van der Waals surface area contributed by atoms with Crippen molar-refractivity contribution in [2.24, 2.45) is 5.92 Å². The Labute approximate surface area is 164 Å². The van der Waals surface area contributed by atoms with Crippen molar-refractivity contribution < 1.29 is 14.3 Å². The maximum atomic E-state index is 12.8. The first-order valence-corrected chi connectivity index (χ1v) is 10.4. The molecule has 0 bridgehead atoms. The lowest BCUT2D eigenvalue weighted by atomic mass is 9.92. The summed E-state index contributed by atoms with van der Waals surface area (Å²) in [6.45, 7) is 11.4. The summed E-state index contributed by atoms with van der Waals surface area (Å²) in [6.07, 6.45) is 4.90. The highest BCUT2D eigenvalue weighted by Gasteiger charge is 2.36. The van der Waals surface area contributed by atoms with E-state index in [0.29, 0.717) is 6.61 Å². The predicted molar refractivity (Wildman–Crippen MR) is 105 cm³/mol. The zero-order valence-electron chi connectivity index (χ0n) is 16.8. The van der Waals surface area contributed by atoms with Crippen LogP contribution in [0.3, 0.4) is 0 Å². The van der Waals surface area contributed by atoms with Gasteiger partial charge in [0.15, 0.2) is 0 Å². The Hall–Kier alpha value is -1.73. The zero-order chi connectivity index (χ0) is 19.6. The molecule has 6 nitrogen and oxygen atoms in total. The molecule has 3 heterocycles. The van der Waals surface area contributed by atoms with Gasteiger partial charge in [0.1, 0.15) is 12.7 Å². The van der Waals surface area contributed by atoms with E-state index in [9.17, 15) is 4.79 Å². The second-order valence-corrected chi connectivity index (χ2v) is 9.44. The maximum Gasteiger partial charge on any atom is 0.312 e. The van der Waals surface area contributed by atoms with Crippen LogP contribution in [-0.4, -0.2) is 27.3 Å². The number of esters is 1. The van der Waals surface area contributed by atoms with E-state index in [0.717, 1.165) is 28.4 Å². The molecule has 148 valence electrons. The van der Waals surface area contributed by atoms with Crippen LogP contribution in [0.1, 0.15) is 75.2 Å². The van der Waals surface area contributed by atoms with E-state index in [1.807, 2.05) is 10.7 Å². The van der Waals surface area contributed by atoms with Crippen LogP contribution in [0.4, 0.5) is 0 Å². The van der Waals surface area contributed by atoms with Crippen LogP contribution < -0.4 is 0 Å². The van der Waals surface area contributed by atoms with Gasteiger partial charge in [-0.1, -0.05) is 20.8 Å². The molecule has 2 aromatic rings. The van der Waals surface area contributed by atoms with Gasteiger partial charge < -0.3 is 9.47 Å². The number of ether oxygens (including phenoxy) is 2. The molecule has 0 saturated carbocycles. The second kappa shape index (κ2) is 8.10. The Balaban J connectivity index is 1.68. The Morgan fingerprint density at radius 1 is 1.44 bits per heavy atom. The molecular formula is C20H29N3O3S. The van der Waals surface area contributed by atoms with Crippen LogP contribution >= 0.6 is 11.3 Å². The summed E-state index contributed by atoms with van der Waals surface area (Å²) in [7, 11) is 0. The van der Waals surface area contributed by atoms with E-state index in [-0.39, 0.29) is 36.1 Å². The van der Waals surface area contributed by atoms with Crippen LogP contribution in [0.25, 0.3) is 0 Å². The van der Waals surface area contributed by atoms with Gasteiger partial charge in [-0.05, 0) is 32.8 Å². The predicted octanol–water partition coefficient (Wildman–Crippen LogP) is 4.43. The van der Waals surface area contributed by atoms with Crippen LogP contribution in [0.2, 0.25) is 0 Å². The molecule has 0 radical (unpaired) electrons. The van der Waals surface area contributed by atoms with Crippen molar-refractivity contribution in [1.29, 1.82) is 0 Å². The first kappa shape index (κ1) is 20.0. The van der Waals surface area contributed by atoms with Crippen molar-refractivity contribution >= 4 is 17.3 Å². The van der Waals surface area contributed by atoms with Gasteiger partial charge in [0.05, 0.1) is 21.5 Å². The molecule has 0 N–H and O–H groups in total. The highest BCUT2D eigenvalue weighted by molar-refractivity contribution is 7.11. The van der Waals surface area contributed by atoms with Crippen molar-refractivity contribution in [3.05, 3.63) is 34.0 Å². The Morgan fingerprint density at radius 2 is 2.22 bits per heavy atom.